The zero-order valence-electron chi connectivity index (χ0n) is 10.9. The molecule has 1 aliphatic rings. The van der Waals surface area contributed by atoms with Crippen LogP contribution in [-0.2, 0) is 4.74 Å². The molecule has 19 heavy (non-hydrogen) atoms. The smallest absolute Gasteiger partial charge is 0.321 e. The van der Waals surface area contributed by atoms with Gasteiger partial charge >= 0.3 is 6.03 Å². The van der Waals surface area contributed by atoms with Gasteiger partial charge in [0.15, 0.2) is 12.0 Å². The Morgan fingerprint density at radius 2 is 2.00 bits per heavy atom. The van der Waals surface area contributed by atoms with E-state index >= 15 is 0 Å². The quantitative estimate of drug-likeness (QED) is 0.811. The molecule has 1 aromatic rings. The number of urea groups is 1. The van der Waals surface area contributed by atoms with Crippen LogP contribution in [0.1, 0.15) is 24.2 Å². The van der Waals surface area contributed by atoms with Crippen LogP contribution in [0.5, 0.6) is 0 Å². The van der Waals surface area contributed by atoms with Crippen molar-refractivity contribution in [2.24, 2.45) is 0 Å². The summed E-state index contributed by atoms with van der Waals surface area (Å²) in [5, 5.41) is 5.19. The van der Waals surface area contributed by atoms with Gasteiger partial charge in [-0.1, -0.05) is 30.3 Å². The Labute approximate surface area is 111 Å². The van der Waals surface area contributed by atoms with Crippen LogP contribution in [0, 0.1) is 0 Å². The summed E-state index contributed by atoms with van der Waals surface area (Å²) in [5.41, 5.74) is 1.53. The number of carbonyl (C=O) groups excluding carboxylic acids is 2. The van der Waals surface area contributed by atoms with Gasteiger partial charge in [0, 0.05) is 17.9 Å². The average Bonchev–Trinajstić information content (AvgIpc) is 2.39. The minimum absolute atomic E-state index is 0.149. The number of benzene rings is 1. The van der Waals surface area contributed by atoms with Gasteiger partial charge < -0.3 is 15.4 Å². The number of nitrogens with one attached hydrogen (secondary N) is 2. The van der Waals surface area contributed by atoms with Crippen LogP contribution in [0.15, 0.2) is 41.6 Å². The molecule has 0 fully saturated rings. The van der Waals surface area contributed by atoms with Gasteiger partial charge in [-0.3, -0.25) is 4.79 Å². The van der Waals surface area contributed by atoms with E-state index < -0.39 is 6.23 Å². The molecule has 1 unspecified atom stereocenters. The van der Waals surface area contributed by atoms with Crippen molar-refractivity contribution >= 4 is 11.8 Å². The number of rotatable bonds is 4. The highest BCUT2D eigenvalue weighted by Crippen LogP contribution is 2.18. The second-order valence-electron chi connectivity index (χ2n) is 4.17. The van der Waals surface area contributed by atoms with E-state index in [0.29, 0.717) is 23.4 Å². The topological polar surface area (TPSA) is 67.4 Å². The molecule has 1 aliphatic heterocycles. The van der Waals surface area contributed by atoms with Crippen molar-refractivity contribution < 1.29 is 14.3 Å². The minimum Gasteiger partial charge on any atom is -0.354 e. The minimum atomic E-state index is -0.702. The second kappa shape index (κ2) is 5.67. The van der Waals surface area contributed by atoms with E-state index in [2.05, 4.69) is 10.6 Å². The Morgan fingerprint density at radius 1 is 1.32 bits per heavy atom. The van der Waals surface area contributed by atoms with Crippen molar-refractivity contribution in [3.8, 4) is 0 Å². The molecule has 0 saturated carbocycles. The van der Waals surface area contributed by atoms with Crippen molar-refractivity contribution in [2.45, 2.75) is 20.1 Å². The van der Waals surface area contributed by atoms with Crippen LogP contribution in [0.3, 0.4) is 0 Å². The van der Waals surface area contributed by atoms with Crippen molar-refractivity contribution in [3.63, 3.8) is 0 Å². The molecule has 5 heteroatoms. The van der Waals surface area contributed by atoms with Gasteiger partial charge in [-0.2, -0.15) is 0 Å². The van der Waals surface area contributed by atoms with Crippen LogP contribution in [-0.4, -0.2) is 24.6 Å². The molecule has 1 atom stereocenters. The van der Waals surface area contributed by atoms with Gasteiger partial charge in [-0.25, -0.2) is 4.79 Å². The first-order valence-corrected chi connectivity index (χ1v) is 6.13. The van der Waals surface area contributed by atoms with Gasteiger partial charge in [0.25, 0.3) is 0 Å². The summed E-state index contributed by atoms with van der Waals surface area (Å²) in [6, 6.07) is 8.56. The number of hydrogen-bond acceptors (Lipinski definition) is 3. The Morgan fingerprint density at radius 3 is 2.63 bits per heavy atom. The van der Waals surface area contributed by atoms with Crippen molar-refractivity contribution in [1.82, 2.24) is 10.6 Å². The molecule has 1 aromatic carbocycles. The highest BCUT2D eigenvalue weighted by atomic mass is 16.5. The van der Waals surface area contributed by atoms with Crippen LogP contribution in [0.2, 0.25) is 0 Å². The van der Waals surface area contributed by atoms with E-state index in [1.54, 1.807) is 31.2 Å². The van der Waals surface area contributed by atoms with Gasteiger partial charge in [-0.05, 0) is 13.8 Å². The maximum Gasteiger partial charge on any atom is 0.321 e. The molecule has 0 aromatic heterocycles. The molecular formula is C14H16N2O3. The number of amides is 2. The van der Waals surface area contributed by atoms with E-state index in [9.17, 15) is 9.59 Å². The van der Waals surface area contributed by atoms with Crippen LogP contribution in [0.4, 0.5) is 4.79 Å². The van der Waals surface area contributed by atoms with Gasteiger partial charge in [0.2, 0.25) is 0 Å². The fourth-order valence-electron chi connectivity index (χ4n) is 1.99. The Hall–Kier alpha value is -2.14. The van der Waals surface area contributed by atoms with E-state index in [1.807, 2.05) is 13.0 Å². The first-order chi connectivity index (χ1) is 9.13. The summed E-state index contributed by atoms with van der Waals surface area (Å²) in [6.07, 6.45) is -0.702. The maximum atomic E-state index is 12.5. The molecule has 5 nitrogen and oxygen atoms in total. The molecular weight excluding hydrogens is 244 g/mol. The highest BCUT2D eigenvalue weighted by Gasteiger charge is 2.30. The molecule has 1 heterocycles. The summed E-state index contributed by atoms with van der Waals surface area (Å²) >= 11 is 0. The lowest BCUT2D eigenvalue weighted by Crippen LogP contribution is -2.50. The SMILES string of the molecule is CCOC1NC(=O)NC(C)=C1C(=O)c1ccccc1. The van der Waals surface area contributed by atoms with Crippen LogP contribution < -0.4 is 10.6 Å². The number of hydrogen-bond donors (Lipinski definition) is 2. The summed E-state index contributed by atoms with van der Waals surface area (Å²) in [6.45, 7) is 3.92. The summed E-state index contributed by atoms with van der Waals surface area (Å²) in [4.78, 5) is 23.9. The number of ether oxygens (including phenoxy) is 1. The zero-order chi connectivity index (χ0) is 13.8. The molecule has 0 saturated heterocycles. The fraction of sp³-hybridized carbons (Fsp3) is 0.286. The molecule has 0 aliphatic carbocycles. The fourth-order valence-corrected chi connectivity index (χ4v) is 1.99. The standard InChI is InChI=1S/C14H16N2O3/c1-3-19-13-11(9(2)15-14(18)16-13)12(17)10-7-5-4-6-8-10/h4-8,13H,3H2,1-2H3,(H2,15,16,18). The monoisotopic (exact) mass is 260 g/mol. The third-order valence-corrected chi connectivity index (χ3v) is 2.84. The maximum absolute atomic E-state index is 12.5. The van der Waals surface area contributed by atoms with E-state index in [1.165, 1.54) is 0 Å². The first kappa shape index (κ1) is 13.3. The Bertz CT molecular complexity index is 523. The zero-order valence-corrected chi connectivity index (χ0v) is 10.9. The largest absolute Gasteiger partial charge is 0.354 e. The van der Waals surface area contributed by atoms with E-state index in [0.717, 1.165) is 0 Å². The van der Waals surface area contributed by atoms with Gasteiger partial charge in [0.1, 0.15) is 0 Å². The summed E-state index contributed by atoms with van der Waals surface area (Å²) < 4.78 is 5.43. The predicted molar refractivity (Wildman–Crippen MR) is 70.6 cm³/mol. The van der Waals surface area contributed by atoms with Crippen molar-refractivity contribution in [3.05, 3.63) is 47.2 Å². The van der Waals surface area contributed by atoms with Crippen LogP contribution >= 0.6 is 0 Å². The lowest BCUT2D eigenvalue weighted by Gasteiger charge is -2.27. The first-order valence-electron chi connectivity index (χ1n) is 6.13. The number of allylic oxidation sites excluding steroid dienone is 1. The van der Waals surface area contributed by atoms with Gasteiger partial charge in [-0.15, -0.1) is 0 Å². The third-order valence-electron chi connectivity index (χ3n) is 2.84. The lowest BCUT2D eigenvalue weighted by molar-refractivity contribution is 0.0607. The van der Waals surface area contributed by atoms with Gasteiger partial charge in [0.05, 0.1) is 5.57 Å². The normalized spacial score (nSPS) is 18.8. The molecule has 0 spiro atoms. The molecule has 0 bridgehead atoms. The second-order valence-corrected chi connectivity index (χ2v) is 4.17. The third kappa shape index (κ3) is 2.82. The van der Waals surface area contributed by atoms with E-state index in [-0.39, 0.29) is 11.8 Å². The number of carbonyl (C=O) groups is 2. The molecule has 2 N–H and O–H groups in total. The average molecular weight is 260 g/mol. The lowest BCUT2D eigenvalue weighted by atomic mass is 9.99. The summed E-state index contributed by atoms with van der Waals surface area (Å²) in [7, 11) is 0. The summed E-state index contributed by atoms with van der Waals surface area (Å²) in [5.74, 6) is -0.149. The van der Waals surface area contributed by atoms with Crippen molar-refractivity contribution in [2.75, 3.05) is 6.61 Å². The molecule has 2 rings (SSSR count). The van der Waals surface area contributed by atoms with E-state index in [4.69, 9.17) is 4.74 Å². The number of ketones is 1. The molecule has 0 radical (unpaired) electrons. The molecule has 2 amide bonds. The number of Topliss-reactive ketones (excluding diaryl/α,β-unsaturated/α-hetero) is 1. The van der Waals surface area contributed by atoms with Crippen LogP contribution in [0.25, 0.3) is 0 Å². The predicted octanol–water partition coefficient (Wildman–Crippen LogP) is 1.82. The Balaban J connectivity index is 2.36. The van der Waals surface area contributed by atoms with Crippen molar-refractivity contribution in [1.29, 1.82) is 0 Å². The molecule has 100 valence electrons. The highest BCUT2D eigenvalue weighted by molar-refractivity contribution is 6.10. The Kier molecular flexibility index (Phi) is 3.97.